The molecule has 1 aromatic heterocycles. The average molecular weight is 328 g/mol. The normalized spacial score (nSPS) is 25.2. The zero-order valence-electron chi connectivity index (χ0n) is 14.5. The number of nitrogens with zero attached hydrogens (tertiary/aromatic N) is 4. The summed E-state index contributed by atoms with van der Waals surface area (Å²) < 4.78 is 0. The van der Waals surface area contributed by atoms with Crippen molar-refractivity contribution in [1.82, 2.24) is 19.8 Å². The number of carbonyl (C=O) groups is 1. The Morgan fingerprint density at radius 3 is 2.42 bits per heavy atom. The van der Waals surface area contributed by atoms with Crippen LogP contribution < -0.4 is 0 Å². The highest BCUT2D eigenvalue weighted by molar-refractivity contribution is 5.93. The summed E-state index contributed by atoms with van der Waals surface area (Å²) in [5.74, 6) is 1.58. The molecule has 2 aliphatic heterocycles. The fourth-order valence-corrected chi connectivity index (χ4v) is 4.07. The van der Waals surface area contributed by atoms with Crippen molar-refractivity contribution in [3.05, 3.63) is 23.8 Å². The summed E-state index contributed by atoms with van der Waals surface area (Å²) >= 11 is 0. The van der Waals surface area contributed by atoms with Crippen LogP contribution in [0.25, 0.3) is 0 Å². The van der Waals surface area contributed by atoms with Gasteiger partial charge in [-0.05, 0) is 64.5 Å². The van der Waals surface area contributed by atoms with Crippen molar-refractivity contribution in [2.24, 2.45) is 0 Å². The number of likely N-dealkylation sites (tertiary alicyclic amines) is 2. The van der Waals surface area contributed by atoms with Gasteiger partial charge in [0.25, 0.3) is 5.91 Å². The van der Waals surface area contributed by atoms with Crippen LogP contribution in [0.5, 0.6) is 0 Å². The van der Waals surface area contributed by atoms with Crippen molar-refractivity contribution < 1.29 is 4.79 Å². The van der Waals surface area contributed by atoms with Crippen LogP contribution in [0.3, 0.4) is 0 Å². The van der Waals surface area contributed by atoms with Crippen LogP contribution in [0.4, 0.5) is 0 Å². The molecule has 0 bridgehead atoms. The van der Waals surface area contributed by atoms with E-state index in [9.17, 15) is 4.79 Å². The molecule has 4 rings (SSSR count). The predicted octanol–water partition coefficient (Wildman–Crippen LogP) is 2.83. The van der Waals surface area contributed by atoms with Gasteiger partial charge in [0.15, 0.2) is 0 Å². The van der Waals surface area contributed by atoms with Crippen LogP contribution in [0.15, 0.2) is 12.4 Å². The van der Waals surface area contributed by atoms with Gasteiger partial charge in [-0.25, -0.2) is 9.97 Å². The van der Waals surface area contributed by atoms with Crippen LogP contribution >= 0.6 is 0 Å². The van der Waals surface area contributed by atoms with Gasteiger partial charge in [-0.2, -0.15) is 0 Å². The Bertz CT molecular complexity index is 563. The predicted molar refractivity (Wildman–Crippen MR) is 93.0 cm³/mol. The molecule has 1 aliphatic carbocycles. The third kappa shape index (κ3) is 3.61. The number of hydrogen-bond donors (Lipinski definition) is 0. The Hall–Kier alpha value is -1.49. The molecule has 5 nitrogen and oxygen atoms in total. The van der Waals surface area contributed by atoms with E-state index in [1.807, 2.05) is 0 Å². The molecule has 3 heterocycles. The second-order valence-electron chi connectivity index (χ2n) is 7.59. The Kier molecular flexibility index (Phi) is 4.79. The molecule has 0 N–H and O–H groups in total. The zero-order valence-corrected chi connectivity index (χ0v) is 14.5. The van der Waals surface area contributed by atoms with Gasteiger partial charge in [0.05, 0.1) is 5.56 Å². The fourth-order valence-electron chi connectivity index (χ4n) is 4.07. The first kappa shape index (κ1) is 16.0. The molecule has 1 amide bonds. The van der Waals surface area contributed by atoms with E-state index in [1.54, 1.807) is 12.4 Å². The van der Waals surface area contributed by atoms with Gasteiger partial charge in [-0.1, -0.05) is 0 Å². The van der Waals surface area contributed by atoms with E-state index in [-0.39, 0.29) is 5.91 Å². The third-order valence-electron chi connectivity index (χ3n) is 5.73. The second kappa shape index (κ2) is 7.18. The van der Waals surface area contributed by atoms with Crippen LogP contribution in [-0.2, 0) is 0 Å². The summed E-state index contributed by atoms with van der Waals surface area (Å²) in [4.78, 5) is 26.4. The van der Waals surface area contributed by atoms with Crippen molar-refractivity contribution in [2.45, 2.75) is 63.3 Å². The monoisotopic (exact) mass is 328 g/mol. The third-order valence-corrected chi connectivity index (χ3v) is 5.73. The number of carbonyl (C=O) groups excluding carboxylic acids is 1. The maximum Gasteiger partial charge on any atom is 0.257 e. The molecule has 0 spiro atoms. The van der Waals surface area contributed by atoms with Gasteiger partial charge in [-0.3, -0.25) is 4.79 Å². The molecule has 24 heavy (non-hydrogen) atoms. The number of hydrogen-bond acceptors (Lipinski definition) is 4. The van der Waals surface area contributed by atoms with Crippen molar-refractivity contribution in [2.75, 3.05) is 26.2 Å². The molecule has 5 heteroatoms. The molecule has 1 atom stereocenters. The summed E-state index contributed by atoms with van der Waals surface area (Å²) in [5, 5.41) is 0. The van der Waals surface area contributed by atoms with E-state index in [0.29, 0.717) is 17.5 Å². The number of amides is 1. The summed E-state index contributed by atoms with van der Waals surface area (Å²) in [7, 11) is 0. The minimum atomic E-state index is 0.128. The topological polar surface area (TPSA) is 49.3 Å². The quantitative estimate of drug-likeness (QED) is 0.834. The molecule has 2 saturated heterocycles. The second-order valence-corrected chi connectivity index (χ2v) is 7.59. The maximum absolute atomic E-state index is 12.9. The van der Waals surface area contributed by atoms with Crippen molar-refractivity contribution in [3.8, 4) is 0 Å². The van der Waals surface area contributed by atoms with Gasteiger partial charge in [-0.15, -0.1) is 0 Å². The molecule has 1 saturated carbocycles. The van der Waals surface area contributed by atoms with Crippen molar-refractivity contribution in [1.29, 1.82) is 0 Å². The lowest BCUT2D eigenvalue weighted by atomic mass is 9.98. The van der Waals surface area contributed by atoms with Crippen LogP contribution in [0.1, 0.15) is 73.5 Å². The SMILES string of the molecule is O=C(c1cnc(C2CC2)nc1)N1CCCC[C@H]1CCN1CCCC1. The lowest BCUT2D eigenvalue weighted by molar-refractivity contribution is 0.0587. The summed E-state index contributed by atoms with van der Waals surface area (Å²) in [6, 6.07) is 0.384. The molecule has 130 valence electrons. The standard InChI is InChI=1S/C19H28N4O/c24-19(16-13-20-18(21-14-16)15-6-7-15)23-11-2-1-5-17(23)8-12-22-9-3-4-10-22/h13-15,17H,1-12H2/t17-/m0/s1. The van der Waals surface area contributed by atoms with Gasteiger partial charge < -0.3 is 9.80 Å². The van der Waals surface area contributed by atoms with Gasteiger partial charge in [0.2, 0.25) is 0 Å². The Labute approximate surface area is 144 Å². The minimum absolute atomic E-state index is 0.128. The Balaban J connectivity index is 1.39. The molecule has 0 aromatic carbocycles. The Morgan fingerprint density at radius 2 is 1.71 bits per heavy atom. The van der Waals surface area contributed by atoms with Crippen molar-refractivity contribution >= 4 is 5.91 Å². The molecule has 1 aromatic rings. The van der Waals surface area contributed by atoms with Gasteiger partial charge in [0, 0.05) is 37.4 Å². The highest BCUT2D eigenvalue weighted by atomic mass is 16.2. The largest absolute Gasteiger partial charge is 0.336 e. The first-order valence-corrected chi connectivity index (χ1v) is 9.66. The highest BCUT2D eigenvalue weighted by Crippen LogP contribution is 2.37. The number of rotatable bonds is 5. The minimum Gasteiger partial charge on any atom is -0.336 e. The van der Waals surface area contributed by atoms with Gasteiger partial charge in [0.1, 0.15) is 5.82 Å². The number of aromatic nitrogens is 2. The van der Waals surface area contributed by atoms with Crippen LogP contribution in [0, 0.1) is 0 Å². The Morgan fingerprint density at radius 1 is 1.00 bits per heavy atom. The lowest BCUT2D eigenvalue weighted by Crippen LogP contribution is -2.45. The fraction of sp³-hybridized carbons (Fsp3) is 0.737. The van der Waals surface area contributed by atoms with E-state index >= 15 is 0 Å². The van der Waals surface area contributed by atoms with E-state index in [4.69, 9.17) is 0 Å². The van der Waals surface area contributed by atoms with E-state index in [1.165, 1.54) is 45.2 Å². The van der Waals surface area contributed by atoms with E-state index in [0.717, 1.165) is 38.2 Å². The molecule has 3 fully saturated rings. The number of piperidine rings is 1. The smallest absolute Gasteiger partial charge is 0.257 e. The maximum atomic E-state index is 12.9. The van der Waals surface area contributed by atoms with E-state index < -0.39 is 0 Å². The molecular formula is C19H28N4O. The molecule has 0 radical (unpaired) electrons. The summed E-state index contributed by atoms with van der Waals surface area (Å²) in [6.45, 7) is 4.48. The van der Waals surface area contributed by atoms with Crippen LogP contribution in [-0.4, -0.2) is 57.9 Å². The van der Waals surface area contributed by atoms with Crippen molar-refractivity contribution in [3.63, 3.8) is 0 Å². The molecule has 0 unspecified atom stereocenters. The first-order chi connectivity index (χ1) is 11.8. The molecular weight excluding hydrogens is 300 g/mol. The average Bonchev–Trinajstić information content (AvgIpc) is 3.36. The lowest BCUT2D eigenvalue weighted by Gasteiger charge is -2.36. The van der Waals surface area contributed by atoms with Crippen LogP contribution in [0.2, 0.25) is 0 Å². The summed E-state index contributed by atoms with van der Waals surface area (Å²) in [6.07, 6.45) is 13.1. The van der Waals surface area contributed by atoms with E-state index in [2.05, 4.69) is 19.8 Å². The zero-order chi connectivity index (χ0) is 16.4. The first-order valence-electron chi connectivity index (χ1n) is 9.66. The highest BCUT2D eigenvalue weighted by Gasteiger charge is 2.30. The molecule has 3 aliphatic rings. The van der Waals surface area contributed by atoms with Gasteiger partial charge >= 0.3 is 0 Å². The summed E-state index contributed by atoms with van der Waals surface area (Å²) in [5.41, 5.74) is 0.660.